The first-order chi connectivity index (χ1) is 7.83. The minimum absolute atomic E-state index is 0.263. The van der Waals surface area contributed by atoms with Gasteiger partial charge in [-0.1, -0.05) is 0 Å². The van der Waals surface area contributed by atoms with Crippen molar-refractivity contribution in [2.75, 3.05) is 39.5 Å². The van der Waals surface area contributed by atoms with Gasteiger partial charge in [-0.05, 0) is 33.2 Å². The summed E-state index contributed by atoms with van der Waals surface area (Å²) in [5.74, 6) is 0. The second-order valence-corrected chi connectivity index (χ2v) is 4.19. The Bertz CT molecular complexity index is 160. The second-order valence-electron chi connectivity index (χ2n) is 4.19. The van der Waals surface area contributed by atoms with E-state index in [0.717, 1.165) is 52.4 Å². The van der Waals surface area contributed by atoms with E-state index in [1.807, 2.05) is 6.92 Å². The van der Waals surface area contributed by atoms with Gasteiger partial charge in [0, 0.05) is 26.4 Å². The zero-order valence-corrected chi connectivity index (χ0v) is 10.5. The van der Waals surface area contributed by atoms with Gasteiger partial charge in [0.2, 0.25) is 0 Å². The van der Waals surface area contributed by atoms with Gasteiger partial charge in [0.05, 0.1) is 18.8 Å². The zero-order chi connectivity index (χ0) is 11.6. The average Bonchev–Trinajstić information content (AvgIpc) is 2.76. The Morgan fingerprint density at radius 1 is 1.50 bits per heavy atom. The molecule has 0 aromatic rings. The highest BCUT2D eigenvalue weighted by atomic mass is 16.5. The molecule has 16 heavy (non-hydrogen) atoms. The Labute approximate surface area is 98.6 Å². The monoisotopic (exact) mass is 231 g/mol. The van der Waals surface area contributed by atoms with Crippen LogP contribution in [-0.2, 0) is 14.2 Å². The molecule has 4 heteroatoms. The van der Waals surface area contributed by atoms with Crippen molar-refractivity contribution in [1.82, 2.24) is 5.32 Å². The van der Waals surface area contributed by atoms with Crippen LogP contribution >= 0.6 is 0 Å². The molecule has 0 aromatic carbocycles. The highest BCUT2D eigenvalue weighted by Crippen LogP contribution is 2.10. The number of hydrogen-bond acceptors (Lipinski definition) is 4. The van der Waals surface area contributed by atoms with Crippen LogP contribution in [0.15, 0.2) is 0 Å². The van der Waals surface area contributed by atoms with Crippen molar-refractivity contribution in [3.8, 4) is 0 Å². The number of rotatable bonds is 9. The Kier molecular flexibility index (Phi) is 7.76. The highest BCUT2D eigenvalue weighted by molar-refractivity contribution is 4.66. The lowest BCUT2D eigenvalue weighted by Crippen LogP contribution is -2.31. The van der Waals surface area contributed by atoms with Gasteiger partial charge in [0.15, 0.2) is 0 Å². The molecule has 2 atom stereocenters. The molecule has 1 fully saturated rings. The fraction of sp³-hybridized carbons (Fsp3) is 1.00. The normalized spacial score (nSPS) is 22.5. The first kappa shape index (κ1) is 13.9. The van der Waals surface area contributed by atoms with E-state index in [1.165, 1.54) is 0 Å². The highest BCUT2D eigenvalue weighted by Gasteiger charge is 2.18. The molecule has 0 amide bonds. The molecule has 0 saturated carbocycles. The van der Waals surface area contributed by atoms with Crippen molar-refractivity contribution < 1.29 is 14.2 Å². The molecule has 1 rings (SSSR count). The number of hydrogen-bond donors (Lipinski definition) is 1. The lowest BCUT2D eigenvalue weighted by atomic mass is 10.3. The van der Waals surface area contributed by atoms with E-state index in [1.54, 1.807) is 0 Å². The summed E-state index contributed by atoms with van der Waals surface area (Å²) in [4.78, 5) is 0. The van der Waals surface area contributed by atoms with Gasteiger partial charge in [-0.3, -0.25) is 0 Å². The first-order valence-corrected chi connectivity index (χ1v) is 6.34. The van der Waals surface area contributed by atoms with Gasteiger partial charge >= 0.3 is 0 Å². The van der Waals surface area contributed by atoms with Crippen LogP contribution < -0.4 is 5.32 Å². The molecule has 0 spiro atoms. The minimum atomic E-state index is 0.263. The van der Waals surface area contributed by atoms with Crippen LogP contribution in [-0.4, -0.2) is 51.7 Å². The van der Waals surface area contributed by atoms with Crippen molar-refractivity contribution in [2.45, 2.75) is 38.9 Å². The average molecular weight is 231 g/mol. The van der Waals surface area contributed by atoms with Crippen molar-refractivity contribution in [1.29, 1.82) is 0 Å². The summed E-state index contributed by atoms with van der Waals surface area (Å²) < 4.78 is 16.3. The standard InChI is InChI=1S/C12H25NO3/c1-3-14-7-4-6-13-9-11(2)16-12-5-8-15-10-12/h11-13H,3-10H2,1-2H3. The summed E-state index contributed by atoms with van der Waals surface area (Å²) in [5, 5.41) is 3.37. The smallest absolute Gasteiger partial charge is 0.0834 e. The minimum Gasteiger partial charge on any atom is -0.382 e. The maximum atomic E-state index is 5.82. The van der Waals surface area contributed by atoms with Crippen LogP contribution in [0.4, 0.5) is 0 Å². The molecule has 1 saturated heterocycles. The van der Waals surface area contributed by atoms with Gasteiger partial charge in [0.25, 0.3) is 0 Å². The van der Waals surface area contributed by atoms with Crippen LogP contribution in [0.2, 0.25) is 0 Å². The zero-order valence-electron chi connectivity index (χ0n) is 10.5. The molecule has 0 bridgehead atoms. The fourth-order valence-corrected chi connectivity index (χ4v) is 1.75. The Morgan fingerprint density at radius 3 is 3.06 bits per heavy atom. The summed E-state index contributed by atoms with van der Waals surface area (Å²) in [6, 6.07) is 0. The quantitative estimate of drug-likeness (QED) is 0.605. The van der Waals surface area contributed by atoms with E-state index >= 15 is 0 Å². The molecule has 96 valence electrons. The Hall–Kier alpha value is -0.160. The summed E-state index contributed by atoms with van der Waals surface area (Å²) in [7, 11) is 0. The fourth-order valence-electron chi connectivity index (χ4n) is 1.75. The second kappa shape index (κ2) is 8.93. The summed E-state index contributed by atoms with van der Waals surface area (Å²) in [6.45, 7) is 9.28. The number of ether oxygens (including phenoxy) is 3. The van der Waals surface area contributed by atoms with E-state index in [-0.39, 0.29) is 6.10 Å². The topological polar surface area (TPSA) is 39.7 Å². The van der Waals surface area contributed by atoms with Crippen LogP contribution in [0.5, 0.6) is 0 Å². The van der Waals surface area contributed by atoms with Crippen LogP contribution in [0, 0.1) is 0 Å². The van der Waals surface area contributed by atoms with Crippen LogP contribution in [0.25, 0.3) is 0 Å². The van der Waals surface area contributed by atoms with Gasteiger partial charge in [0.1, 0.15) is 0 Å². The lowest BCUT2D eigenvalue weighted by molar-refractivity contribution is -0.00565. The first-order valence-electron chi connectivity index (χ1n) is 6.34. The molecule has 1 aliphatic heterocycles. The summed E-state index contributed by atoms with van der Waals surface area (Å²) in [6.07, 6.45) is 2.67. The molecule has 2 unspecified atom stereocenters. The van der Waals surface area contributed by atoms with Gasteiger partial charge in [-0.25, -0.2) is 0 Å². The van der Waals surface area contributed by atoms with Gasteiger partial charge in [-0.2, -0.15) is 0 Å². The van der Waals surface area contributed by atoms with Crippen molar-refractivity contribution in [3.05, 3.63) is 0 Å². The molecule has 1 N–H and O–H groups in total. The van der Waals surface area contributed by atoms with E-state index in [9.17, 15) is 0 Å². The van der Waals surface area contributed by atoms with Crippen molar-refractivity contribution in [3.63, 3.8) is 0 Å². The van der Waals surface area contributed by atoms with Crippen molar-refractivity contribution >= 4 is 0 Å². The van der Waals surface area contributed by atoms with E-state index < -0.39 is 0 Å². The molecule has 4 nitrogen and oxygen atoms in total. The predicted octanol–water partition coefficient (Wildman–Crippen LogP) is 1.20. The van der Waals surface area contributed by atoms with Crippen molar-refractivity contribution in [2.24, 2.45) is 0 Å². The third-order valence-corrected chi connectivity index (χ3v) is 2.59. The predicted molar refractivity (Wildman–Crippen MR) is 63.8 cm³/mol. The molecule has 1 aliphatic rings. The van der Waals surface area contributed by atoms with Crippen LogP contribution in [0.1, 0.15) is 26.7 Å². The molecule has 0 aromatic heterocycles. The molecular weight excluding hydrogens is 206 g/mol. The third-order valence-electron chi connectivity index (χ3n) is 2.59. The third kappa shape index (κ3) is 6.43. The Morgan fingerprint density at radius 2 is 2.38 bits per heavy atom. The van der Waals surface area contributed by atoms with Gasteiger partial charge in [-0.15, -0.1) is 0 Å². The SMILES string of the molecule is CCOCCCNCC(C)OC1CCOC1. The molecule has 1 heterocycles. The number of nitrogens with one attached hydrogen (secondary N) is 1. The lowest BCUT2D eigenvalue weighted by Gasteiger charge is -2.17. The van der Waals surface area contributed by atoms with Gasteiger partial charge < -0.3 is 19.5 Å². The molecule has 0 aliphatic carbocycles. The molecular formula is C12H25NO3. The van der Waals surface area contributed by atoms with E-state index in [2.05, 4.69) is 12.2 Å². The largest absolute Gasteiger partial charge is 0.382 e. The molecule has 0 radical (unpaired) electrons. The van der Waals surface area contributed by atoms with Crippen LogP contribution in [0.3, 0.4) is 0 Å². The maximum absolute atomic E-state index is 5.82. The van der Waals surface area contributed by atoms with E-state index in [4.69, 9.17) is 14.2 Å². The summed E-state index contributed by atoms with van der Waals surface area (Å²) in [5.41, 5.74) is 0. The Balaban J connectivity index is 1.87. The summed E-state index contributed by atoms with van der Waals surface area (Å²) >= 11 is 0. The maximum Gasteiger partial charge on any atom is 0.0834 e. The van der Waals surface area contributed by atoms with E-state index in [0.29, 0.717) is 6.10 Å².